The van der Waals surface area contributed by atoms with Gasteiger partial charge in [0.05, 0.1) is 6.10 Å². The van der Waals surface area contributed by atoms with Crippen LogP contribution in [0.4, 0.5) is 4.39 Å². The van der Waals surface area contributed by atoms with Crippen molar-refractivity contribution in [3.63, 3.8) is 0 Å². The molecule has 1 saturated carbocycles. The van der Waals surface area contributed by atoms with Gasteiger partial charge in [-0.1, -0.05) is 31.7 Å². The summed E-state index contributed by atoms with van der Waals surface area (Å²) in [4.78, 5) is 0. The lowest BCUT2D eigenvalue weighted by atomic mass is 10.0. The average Bonchev–Trinajstić information content (AvgIpc) is 2.83. The van der Waals surface area contributed by atoms with Crippen molar-refractivity contribution in [2.75, 3.05) is 6.61 Å². The summed E-state index contributed by atoms with van der Waals surface area (Å²) in [6.45, 7) is 2.12. The van der Waals surface area contributed by atoms with Crippen LogP contribution in [0.25, 0.3) is 0 Å². The van der Waals surface area contributed by atoms with E-state index in [0.29, 0.717) is 11.7 Å². The fourth-order valence-electron chi connectivity index (χ4n) is 2.61. The molecule has 0 spiro atoms. The molecule has 0 radical (unpaired) electrons. The van der Waals surface area contributed by atoms with Crippen molar-refractivity contribution in [3.8, 4) is 5.75 Å². The molecule has 0 saturated heterocycles. The number of halogens is 1. The van der Waals surface area contributed by atoms with E-state index < -0.39 is 6.10 Å². The zero-order valence-electron chi connectivity index (χ0n) is 10.9. The molecule has 1 fully saturated rings. The zero-order valence-corrected chi connectivity index (χ0v) is 10.9. The maximum atomic E-state index is 13.1. The number of aliphatic hydroxyl groups excluding tert-OH is 1. The van der Waals surface area contributed by atoms with E-state index in [4.69, 9.17) is 4.74 Å². The van der Waals surface area contributed by atoms with E-state index in [1.165, 1.54) is 37.8 Å². The summed E-state index contributed by atoms with van der Waals surface area (Å²) in [5.74, 6) is 0.860. The quantitative estimate of drug-likeness (QED) is 0.869. The van der Waals surface area contributed by atoms with Crippen LogP contribution in [0, 0.1) is 18.7 Å². The molecule has 1 unspecified atom stereocenters. The number of benzene rings is 1. The summed E-state index contributed by atoms with van der Waals surface area (Å²) in [6, 6.07) is 4.47. The van der Waals surface area contributed by atoms with Crippen LogP contribution in [-0.4, -0.2) is 17.8 Å². The second-order valence-corrected chi connectivity index (χ2v) is 5.26. The van der Waals surface area contributed by atoms with E-state index in [1.54, 1.807) is 6.07 Å². The molecule has 0 heterocycles. The van der Waals surface area contributed by atoms with Gasteiger partial charge in [0, 0.05) is 6.07 Å². The van der Waals surface area contributed by atoms with Gasteiger partial charge in [-0.15, -0.1) is 0 Å². The van der Waals surface area contributed by atoms with Gasteiger partial charge in [0.15, 0.2) is 0 Å². The van der Waals surface area contributed by atoms with Crippen LogP contribution in [-0.2, 0) is 0 Å². The Morgan fingerprint density at radius 1 is 1.39 bits per heavy atom. The first-order chi connectivity index (χ1) is 8.65. The molecule has 0 amide bonds. The highest BCUT2D eigenvalue weighted by molar-refractivity contribution is 5.32. The van der Waals surface area contributed by atoms with Crippen molar-refractivity contribution < 1.29 is 14.2 Å². The highest BCUT2D eigenvalue weighted by Crippen LogP contribution is 2.28. The van der Waals surface area contributed by atoms with Gasteiger partial charge in [-0.2, -0.15) is 0 Å². The van der Waals surface area contributed by atoms with Crippen LogP contribution < -0.4 is 4.74 Å². The first kappa shape index (κ1) is 13.3. The molecule has 18 heavy (non-hydrogen) atoms. The van der Waals surface area contributed by atoms with Crippen molar-refractivity contribution in [2.45, 2.75) is 45.1 Å². The molecule has 0 aliphatic heterocycles. The van der Waals surface area contributed by atoms with Gasteiger partial charge >= 0.3 is 0 Å². The highest BCUT2D eigenvalue weighted by Gasteiger charge is 2.19. The second kappa shape index (κ2) is 6.19. The zero-order chi connectivity index (χ0) is 13.0. The molecule has 1 N–H and O–H groups in total. The molecule has 2 rings (SSSR count). The highest BCUT2D eigenvalue weighted by atomic mass is 19.1. The summed E-state index contributed by atoms with van der Waals surface area (Å²) in [5, 5.41) is 9.91. The predicted octanol–water partition coefficient (Wildman–Crippen LogP) is 3.45. The Morgan fingerprint density at radius 2 is 2.11 bits per heavy atom. The predicted molar refractivity (Wildman–Crippen MR) is 69.2 cm³/mol. The smallest absolute Gasteiger partial charge is 0.126 e. The van der Waals surface area contributed by atoms with Crippen molar-refractivity contribution in [1.29, 1.82) is 0 Å². The van der Waals surface area contributed by atoms with Gasteiger partial charge < -0.3 is 9.84 Å². The standard InChI is InChI=1S/C15H21FO2/c1-11-6-7-13(16)9-15(11)18-10-14(17)8-12-4-2-3-5-12/h6-7,9,12,14,17H,2-5,8,10H2,1H3. The van der Waals surface area contributed by atoms with Gasteiger partial charge in [0.1, 0.15) is 18.2 Å². The lowest BCUT2D eigenvalue weighted by Crippen LogP contribution is -2.20. The number of aliphatic hydroxyl groups is 1. The Kier molecular flexibility index (Phi) is 4.59. The minimum Gasteiger partial charge on any atom is -0.491 e. The van der Waals surface area contributed by atoms with Crippen LogP contribution >= 0.6 is 0 Å². The molecular weight excluding hydrogens is 231 g/mol. The van der Waals surface area contributed by atoms with Crippen LogP contribution in [0.2, 0.25) is 0 Å². The maximum absolute atomic E-state index is 13.1. The molecule has 2 nitrogen and oxygen atoms in total. The van der Waals surface area contributed by atoms with E-state index in [-0.39, 0.29) is 12.4 Å². The minimum atomic E-state index is -0.448. The molecule has 100 valence electrons. The monoisotopic (exact) mass is 252 g/mol. The maximum Gasteiger partial charge on any atom is 0.126 e. The summed E-state index contributed by atoms with van der Waals surface area (Å²) >= 11 is 0. The van der Waals surface area contributed by atoms with Gasteiger partial charge in [-0.25, -0.2) is 4.39 Å². The van der Waals surface area contributed by atoms with E-state index >= 15 is 0 Å². The van der Waals surface area contributed by atoms with Gasteiger partial charge in [-0.3, -0.25) is 0 Å². The van der Waals surface area contributed by atoms with E-state index in [9.17, 15) is 9.50 Å². The Balaban J connectivity index is 1.81. The van der Waals surface area contributed by atoms with E-state index in [1.807, 2.05) is 6.92 Å². The number of hydrogen-bond donors (Lipinski definition) is 1. The van der Waals surface area contributed by atoms with Gasteiger partial charge in [0.25, 0.3) is 0 Å². The van der Waals surface area contributed by atoms with Crippen LogP contribution in [0.3, 0.4) is 0 Å². The fraction of sp³-hybridized carbons (Fsp3) is 0.600. The molecular formula is C15H21FO2. The molecule has 1 atom stereocenters. The van der Waals surface area contributed by atoms with Crippen molar-refractivity contribution in [1.82, 2.24) is 0 Å². The Hall–Kier alpha value is -1.09. The lowest BCUT2D eigenvalue weighted by molar-refractivity contribution is 0.0851. The molecule has 1 aliphatic rings. The van der Waals surface area contributed by atoms with Gasteiger partial charge in [0.2, 0.25) is 0 Å². The Morgan fingerprint density at radius 3 is 2.83 bits per heavy atom. The Labute approximate surface area is 108 Å². The molecule has 0 aromatic heterocycles. The lowest BCUT2D eigenvalue weighted by Gasteiger charge is -2.17. The third-order valence-corrected chi connectivity index (χ3v) is 3.66. The summed E-state index contributed by atoms with van der Waals surface area (Å²) in [7, 11) is 0. The number of ether oxygens (including phenoxy) is 1. The fourth-order valence-corrected chi connectivity index (χ4v) is 2.61. The second-order valence-electron chi connectivity index (χ2n) is 5.26. The topological polar surface area (TPSA) is 29.5 Å². The first-order valence-electron chi connectivity index (χ1n) is 6.72. The largest absolute Gasteiger partial charge is 0.491 e. The summed E-state index contributed by atoms with van der Waals surface area (Å²) in [6.07, 6.45) is 5.35. The number of rotatable bonds is 5. The minimum absolute atomic E-state index is 0.251. The normalized spacial score (nSPS) is 17.9. The Bertz CT molecular complexity index is 386. The third kappa shape index (κ3) is 3.70. The molecule has 3 heteroatoms. The van der Waals surface area contributed by atoms with Crippen molar-refractivity contribution in [2.24, 2.45) is 5.92 Å². The van der Waals surface area contributed by atoms with Crippen LogP contribution in [0.5, 0.6) is 5.75 Å². The van der Waals surface area contributed by atoms with Crippen LogP contribution in [0.15, 0.2) is 18.2 Å². The van der Waals surface area contributed by atoms with Crippen LogP contribution in [0.1, 0.15) is 37.7 Å². The van der Waals surface area contributed by atoms with Crippen molar-refractivity contribution >= 4 is 0 Å². The van der Waals surface area contributed by atoms with E-state index in [0.717, 1.165) is 12.0 Å². The molecule has 1 aromatic rings. The number of hydrogen-bond acceptors (Lipinski definition) is 2. The molecule has 1 aromatic carbocycles. The van der Waals surface area contributed by atoms with Gasteiger partial charge in [-0.05, 0) is 30.9 Å². The first-order valence-corrected chi connectivity index (χ1v) is 6.72. The SMILES string of the molecule is Cc1ccc(F)cc1OCC(O)CC1CCCC1. The summed E-state index contributed by atoms with van der Waals surface area (Å²) < 4.78 is 18.6. The average molecular weight is 252 g/mol. The molecule has 1 aliphatic carbocycles. The third-order valence-electron chi connectivity index (χ3n) is 3.66. The molecule has 0 bridgehead atoms. The number of aryl methyl sites for hydroxylation is 1. The van der Waals surface area contributed by atoms with E-state index in [2.05, 4.69) is 0 Å². The van der Waals surface area contributed by atoms with Crippen molar-refractivity contribution in [3.05, 3.63) is 29.6 Å². The summed E-state index contributed by atoms with van der Waals surface area (Å²) in [5.41, 5.74) is 0.893.